The van der Waals surface area contributed by atoms with Crippen LogP contribution in [-0.4, -0.2) is 31.6 Å². The fourth-order valence-corrected chi connectivity index (χ4v) is 3.69. The Morgan fingerprint density at radius 2 is 1.96 bits per heavy atom. The predicted molar refractivity (Wildman–Crippen MR) is 89.0 cm³/mol. The Hall–Kier alpha value is -2.41. The largest absolute Gasteiger partial charge is 0.320 e. The van der Waals surface area contributed by atoms with E-state index in [0.29, 0.717) is 16.9 Å². The Morgan fingerprint density at radius 3 is 2.57 bits per heavy atom. The van der Waals surface area contributed by atoms with Gasteiger partial charge in [0.05, 0.1) is 23.2 Å². The standard InChI is InChI=1S/C16H17N3O3S/c1-23(21,22)19(13-8-9-13)15-7-3-2-6-14(15)18-16(20)12-5-4-10-17-11-12/h2-7,10-11,13H,8-9H2,1H3,(H,18,20). The molecule has 0 radical (unpaired) electrons. The summed E-state index contributed by atoms with van der Waals surface area (Å²) in [6.07, 6.45) is 5.90. The molecule has 7 heteroatoms. The van der Waals surface area contributed by atoms with E-state index in [-0.39, 0.29) is 11.9 Å². The van der Waals surface area contributed by atoms with E-state index in [4.69, 9.17) is 0 Å². The van der Waals surface area contributed by atoms with Crippen LogP contribution in [0.25, 0.3) is 0 Å². The summed E-state index contributed by atoms with van der Waals surface area (Å²) in [5, 5.41) is 2.78. The fourth-order valence-electron chi connectivity index (χ4n) is 2.42. The number of amides is 1. The molecule has 120 valence electrons. The highest BCUT2D eigenvalue weighted by molar-refractivity contribution is 7.92. The third-order valence-electron chi connectivity index (χ3n) is 3.55. The number of carbonyl (C=O) groups excluding carboxylic acids is 1. The first kappa shape index (κ1) is 15.5. The number of benzene rings is 1. The third-order valence-corrected chi connectivity index (χ3v) is 4.76. The molecule has 1 aliphatic rings. The lowest BCUT2D eigenvalue weighted by molar-refractivity contribution is 0.102. The molecule has 1 aromatic heterocycles. The zero-order valence-electron chi connectivity index (χ0n) is 12.6. The van der Waals surface area contributed by atoms with Gasteiger partial charge in [0.15, 0.2) is 0 Å². The van der Waals surface area contributed by atoms with Crippen LogP contribution in [0.1, 0.15) is 23.2 Å². The first-order valence-electron chi connectivity index (χ1n) is 7.26. The second kappa shape index (κ2) is 6.00. The van der Waals surface area contributed by atoms with Gasteiger partial charge in [0, 0.05) is 18.4 Å². The SMILES string of the molecule is CS(=O)(=O)N(c1ccccc1NC(=O)c1cccnc1)C1CC1. The second-order valence-electron chi connectivity index (χ2n) is 5.50. The number of hydrogen-bond acceptors (Lipinski definition) is 4. The van der Waals surface area contributed by atoms with Gasteiger partial charge in [-0.05, 0) is 37.1 Å². The molecule has 3 rings (SSSR count). The van der Waals surface area contributed by atoms with Crippen molar-refractivity contribution in [3.05, 3.63) is 54.4 Å². The van der Waals surface area contributed by atoms with Crippen LogP contribution in [-0.2, 0) is 10.0 Å². The van der Waals surface area contributed by atoms with Crippen LogP contribution in [0.4, 0.5) is 11.4 Å². The van der Waals surface area contributed by atoms with Gasteiger partial charge in [-0.2, -0.15) is 0 Å². The molecule has 1 fully saturated rings. The van der Waals surface area contributed by atoms with Crippen molar-refractivity contribution in [2.24, 2.45) is 0 Å². The molecule has 1 saturated carbocycles. The number of pyridine rings is 1. The van der Waals surface area contributed by atoms with Gasteiger partial charge in [-0.25, -0.2) is 8.42 Å². The number of para-hydroxylation sites is 2. The molecule has 0 atom stereocenters. The molecule has 0 unspecified atom stereocenters. The molecule has 23 heavy (non-hydrogen) atoms. The van der Waals surface area contributed by atoms with Crippen LogP contribution < -0.4 is 9.62 Å². The van der Waals surface area contributed by atoms with Gasteiger partial charge in [-0.1, -0.05) is 12.1 Å². The normalized spacial score (nSPS) is 14.3. The lowest BCUT2D eigenvalue weighted by Gasteiger charge is -2.24. The molecule has 0 spiro atoms. The van der Waals surface area contributed by atoms with Gasteiger partial charge in [0.25, 0.3) is 5.91 Å². The van der Waals surface area contributed by atoms with E-state index < -0.39 is 10.0 Å². The van der Waals surface area contributed by atoms with Crippen molar-refractivity contribution >= 4 is 27.3 Å². The van der Waals surface area contributed by atoms with Crippen molar-refractivity contribution in [1.82, 2.24) is 4.98 Å². The van der Waals surface area contributed by atoms with Crippen LogP contribution in [0.5, 0.6) is 0 Å². The van der Waals surface area contributed by atoms with Crippen LogP contribution in [0.3, 0.4) is 0 Å². The molecular formula is C16H17N3O3S. The van der Waals surface area contributed by atoms with E-state index in [1.165, 1.54) is 16.8 Å². The Bertz CT molecular complexity index is 817. The summed E-state index contributed by atoms with van der Waals surface area (Å²) in [6.45, 7) is 0. The first-order chi connectivity index (χ1) is 11.0. The maximum absolute atomic E-state index is 12.3. The number of hydrogen-bond donors (Lipinski definition) is 1. The Labute approximate surface area is 135 Å². The van der Waals surface area contributed by atoms with E-state index >= 15 is 0 Å². The van der Waals surface area contributed by atoms with Gasteiger partial charge in [-0.15, -0.1) is 0 Å². The summed E-state index contributed by atoms with van der Waals surface area (Å²) in [6, 6.07) is 10.2. The molecule has 1 heterocycles. The molecule has 0 saturated heterocycles. The molecule has 1 N–H and O–H groups in total. The topological polar surface area (TPSA) is 79.4 Å². The summed E-state index contributed by atoms with van der Waals surface area (Å²) in [5.41, 5.74) is 1.38. The molecule has 0 aliphatic heterocycles. The van der Waals surface area contributed by atoms with Gasteiger partial charge >= 0.3 is 0 Å². The van der Waals surface area contributed by atoms with E-state index in [9.17, 15) is 13.2 Å². The maximum Gasteiger partial charge on any atom is 0.257 e. The maximum atomic E-state index is 12.3. The zero-order chi connectivity index (χ0) is 16.4. The first-order valence-corrected chi connectivity index (χ1v) is 9.11. The number of aromatic nitrogens is 1. The third kappa shape index (κ3) is 3.50. The molecule has 1 aromatic carbocycles. The fraction of sp³-hybridized carbons (Fsp3) is 0.250. The van der Waals surface area contributed by atoms with Gasteiger partial charge in [-0.3, -0.25) is 14.1 Å². The van der Waals surface area contributed by atoms with E-state index in [1.807, 2.05) is 0 Å². The summed E-state index contributed by atoms with van der Waals surface area (Å²) in [5.74, 6) is -0.324. The van der Waals surface area contributed by atoms with Crippen molar-refractivity contribution in [1.29, 1.82) is 0 Å². The lowest BCUT2D eigenvalue weighted by atomic mass is 10.2. The van der Waals surface area contributed by atoms with Gasteiger partial charge in [0.2, 0.25) is 10.0 Å². The van der Waals surface area contributed by atoms with Crippen molar-refractivity contribution in [3.63, 3.8) is 0 Å². The average molecular weight is 331 g/mol. The summed E-state index contributed by atoms with van der Waals surface area (Å²) < 4.78 is 25.6. The van der Waals surface area contributed by atoms with Gasteiger partial charge in [0.1, 0.15) is 0 Å². The van der Waals surface area contributed by atoms with E-state index in [2.05, 4.69) is 10.3 Å². The molecule has 6 nitrogen and oxygen atoms in total. The molecule has 2 aromatic rings. The minimum Gasteiger partial charge on any atom is -0.320 e. The smallest absolute Gasteiger partial charge is 0.257 e. The number of anilines is 2. The number of carbonyl (C=O) groups is 1. The minimum absolute atomic E-state index is 0.0264. The van der Waals surface area contributed by atoms with E-state index in [0.717, 1.165) is 12.8 Å². The molecular weight excluding hydrogens is 314 g/mol. The van der Waals surface area contributed by atoms with Gasteiger partial charge < -0.3 is 5.32 Å². The predicted octanol–water partition coefficient (Wildman–Crippen LogP) is 2.26. The Balaban J connectivity index is 1.93. The average Bonchev–Trinajstić information content (AvgIpc) is 3.33. The summed E-state index contributed by atoms with van der Waals surface area (Å²) in [7, 11) is -3.41. The van der Waals surface area contributed by atoms with E-state index in [1.54, 1.807) is 42.6 Å². The Kier molecular flexibility index (Phi) is 4.04. The molecule has 1 amide bonds. The quantitative estimate of drug-likeness (QED) is 0.911. The number of sulfonamides is 1. The summed E-state index contributed by atoms with van der Waals surface area (Å²) >= 11 is 0. The van der Waals surface area contributed by atoms with Crippen LogP contribution >= 0.6 is 0 Å². The van der Waals surface area contributed by atoms with Crippen molar-refractivity contribution in [2.45, 2.75) is 18.9 Å². The lowest BCUT2D eigenvalue weighted by Crippen LogP contribution is -2.33. The van der Waals surface area contributed by atoms with Crippen molar-refractivity contribution < 1.29 is 13.2 Å². The molecule has 1 aliphatic carbocycles. The number of nitrogens with one attached hydrogen (secondary N) is 1. The minimum atomic E-state index is -3.41. The highest BCUT2D eigenvalue weighted by Gasteiger charge is 2.36. The highest BCUT2D eigenvalue weighted by Crippen LogP contribution is 2.37. The second-order valence-corrected chi connectivity index (χ2v) is 7.36. The van der Waals surface area contributed by atoms with Crippen molar-refractivity contribution in [2.75, 3.05) is 15.9 Å². The van der Waals surface area contributed by atoms with Crippen molar-refractivity contribution in [3.8, 4) is 0 Å². The summed E-state index contributed by atoms with van der Waals surface area (Å²) in [4.78, 5) is 16.2. The van der Waals surface area contributed by atoms with Crippen LogP contribution in [0.15, 0.2) is 48.8 Å². The zero-order valence-corrected chi connectivity index (χ0v) is 13.5. The molecule has 0 bridgehead atoms. The monoisotopic (exact) mass is 331 g/mol. The van der Waals surface area contributed by atoms with Crippen LogP contribution in [0, 0.1) is 0 Å². The van der Waals surface area contributed by atoms with Crippen LogP contribution in [0.2, 0.25) is 0 Å². The Morgan fingerprint density at radius 1 is 1.22 bits per heavy atom. The number of nitrogens with zero attached hydrogens (tertiary/aromatic N) is 2. The highest BCUT2D eigenvalue weighted by atomic mass is 32.2. The number of rotatable bonds is 5.